The van der Waals surface area contributed by atoms with Crippen molar-refractivity contribution in [3.63, 3.8) is 0 Å². The quantitative estimate of drug-likeness (QED) is 0.634. The Hall–Kier alpha value is -2.93. The van der Waals surface area contributed by atoms with Gasteiger partial charge in [-0.15, -0.1) is 0 Å². The van der Waals surface area contributed by atoms with Gasteiger partial charge in [0.1, 0.15) is 18.1 Å². The molecule has 0 aliphatic heterocycles. The summed E-state index contributed by atoms with van der Waals surface area (Å²) >= 11 is 0. The van der Waals surface area contributed by atoms with E-state index in [2.05, 4.69) is 49.6 Å². The van der Waals surface area contributed by atoms with Crippen LogP contribution in [0.5, 0.6) is 0 Å². The van der Waals surface area contributed by atoms with Gasteiger partial charge in [0.15, 0.2) is 5.78 Å². The highest BCUT2D eigenvalue weighted by molar-refractivity contribution is 5.96. The van der Waals surface area contributed by atoms with Gasteiger partial charge in [0.2, 0.25) is 0 Å². The van der Waals surface area contributed by atoms with E-state index in [1.807, 2.05) is 13.8 Å². The number of aromatic amines is 1. The first-order valence-electron chi connectivity index (χ1n) is 9.61. The fourth-order valence-corrected chi connectivity index (χ4v) is 3.28. The predicted octanol–water partition coefficient (Wildman–Crippen LogP) is 2.98. The number of rotatable bonds is 7. The van der Waals surface area contributed by atoms with Gasteiger partial charge in [0.05, 0.1) is 18.4 Å². The third-order valence-corrected chi connectivity index (χ3v) is 4.58. The molecule has 0 saturated heterocycles. The number of ether oxygens (including phenoxy) is 1. The number of nitrogens with zero attached hydrogens (tertiary/aromatic N) is 4. The number of carbonyl (C=O) groups is 1. The summed E-state index contributed by atoms with van der Waals surface area (Å²) in [5, 5.41) is 10.0. The fourth-order valence-electron chi connectivity index (χ4n) is 3.28. The van der Waals surface area contributed by atoms with Gasteiger partial charge >= 0.3 is 0 Å². The second-order valence-corrected chi connectivity index (χ2v) is 6.51. The standard InChI is InChI=1S/C19H19N5O2.C2H6/c25-18(12-26-11-17-10-22-24-23-17)16-8-20-19(21-9-16)7-13-5-14-3-1-2-4-15(14)6-13;1-2/h1-4,8-10,13H,5-7,11-12H2,(H,22,23,24);1-2H3. The van der Waals surface area contributed by atoms with Gasteiger partial charge in [0, 0.05) is 18.8 Å². The summed E-state index contributed by atoms with van der Waals surface area (Å²) in [6, 6.07) is 8.56. The van der Waals surface area contributed by atoms with Gasteiger partial charge < -0.3 is 4.74 Å². The van der Waals surface area contributed by atoms with Crippen LogP contribution in [0.2, 0.25) is 0 Å². The molecule has 1 aliphatic carbocycles. The lowest BCUT2D eigenvalue weighted by Gasteiger charge is -2.08. The average molecular weight is 379 g/mol. The number of carbonyl (C=O) groups excluding carboxylic acids is 1. The highest BCUT2D eigenvalue weighted by Crippen LogP contribution is 2.28. The van der Waals surface area contributed by atoms with Crippen LogP contribution in [0.3, 0.4) is 0 Å². The molecule has 1 aromatic carbocycles. The Morgan fingerprint density at radius 3 is 2.39 bits per heavy atom. The number of nitrogens with one attached hydrogen (secondary N) is 1. The number of hydrogen-bond acceptors (Lipinski definition) is 6. The van der Waals surface area contributed by atoms with E-state index in [0.29, 0.717) is 17.2 Å². The third-order valence-electron chi connectivity index (χ3n) is 4.58. The lowest BCUT2D eigenvalue weighted by atomic mass is 10.0. The maximum absolute atomic E-state index is 12.1. The minimum atomic E-state index is -0.145. The van der Waals surface area contributed by atoms with Crippen molar-refractivity contribution in [2.24, 2.45) is 5.92 Å². The first-order chi connectivity index (χ1) is 13.8. The molecule has 0 unspecified atom stereocenters. The van der Waals surface area contributed by atoms with Gasteiger partial charge in [-0.3, -0.25) is 4.79 Å². The second-order valence-electron chi connectivity index (χ2n) is 6.51. The van der Waals surface area contributed by atoms with Crippen molar-refractivity contribution in [2.45, 2.75) is 39.7 Å². The normalized spacial score (nSPS) is 12.9. The number of fused-ring (bicyclic) bond motifs is 1. The molecule has 1 aliphatic rings. The van der Waals surface area contributed by atoms with Crippen LogP contribution >= 0.6 is 0 Å². The van der Waals surface area contributed by atoms with E-state index < -0.39 is 0 Å². The molecule has 0 saturated carbocycles. The van der Waals surface area contributed by atoms with Crippen LogP contribution in [0.25, 0.3) is 0 Å². The Bertz CT molecular complexity index is 853. The molecule has 2 aromatic heterocycles. The first-order valence-corrected chi connectivity index (χ1v) is 9.61. The average Bonchev–Trinajstić information content (AvgIpc) is 3.39. The van der Waals surface area contributed by atoms with Crippen molar-refractivity contribution < 1.29 is 9.53 Å². The molecule has 0 spiro atoms. The lowest BCUT2D eigenvalue weighted by molar-refractivity contribution is 0.0719. The zero-order chi connectivity index (χ0) is 19.8. The molecule has 7 heteroatoms. The van der Waals surface area contributed by atoms with Gasteiger partial charge in [-0.25, -0.2) is 9.97 Å². The predicted molar refractivity (Wildman–Crippen MR) is 105 cm³/mol. The summed E-state index contributed by atoms with van der Waals surface area (Å²) < 4.78 is 5.34. The van der Waals surface area contributed by atoms with Gasteiger partial charge in [0.25, 0.3) is 0 Å². The maximum Gasteiger partial charge on any atom is 0.191 e. The SMILES string of the molecule is CC.O=C(COCc1cn[nH]n1)c1cnc(CC2Cc3ccccc3C2)nc1. The molecule has 4 rings (SSSR count). The summed E-state index contributed by atoms with van der Waals surface area (Å²) in [5.74, 6) is 1.16. The van der Waals surface area contributed by atoms with E-state index in [1.54, 1.807) is 18.6 Å². The Balaban J connectivity index is 0.00000109. The second kappa shape index (κ2) is 9.85. The molecule has 0 atom stereocenters. The van der Waals surface area contributed by atoms with Gasteiger partial charge in [-0.1, -0.05) is 38.1 Å². The van der Waals surface area contributed by atoms with E-state index in [4.69, 9.17) is 4.74 Å². The van der Waals surface area contributed by atoms with E-state index in [1.165, 1.54) is 11.1 Å². The van der Waals surface area contributed by atoms with Crippen molar-refractivity contribution >= 4 is 5.78 Å². The van der Waals surface area contributed by atoms with Crippen LogP contribution in [0.4, 0.5) is 0 Å². The fraction of sp³-hybridized carbons (Fsp3) is 0.381. The first kappa shape index (κ1) is 19.8. The molecule has 0 bridgehead atoms. The highest BCUT2D eigenvalue weighted by Gasteiger charge is 2.22. The minimum Gasteiger partial charge on any atom is -0.367 e. The topological polar surface area (TPSA) is 93.7 Å². The Morgan fingerprint density at radius 2 is 1.79 bits per heavy atom. The number of H-pyrrole nitrogens is 1. The van der Waals surface area contributed by atoms with Crippen molar-refractivity contribution in [3.8, 4) is 0 Å². The zero-order valence-electron chi connectivity index (χ0n) is 16.3. The summed E-state index contributed by atoms with van der Waals surface area (Å²) in [4.78, 5) is 20.9. The lowest BCUT2D eigenvalue weighted by Crippen LogP contribution is -2.12. The number of Topliss-reactive ketones (excluding diaryl/α,β-unsaturated/α-hetero) is 1. The molecule has 28 heavy (non-hydrogen) atoms. The van der Waals surface area contributed by atoms with Gasteiger partial charge in [-0.05, 0) is 29.9 Å². The van der Waals surface area contributed by atoms with Crippen LogP contribution in [-0.4, -0.2) is 37.8 Å². The molecule has 7 nitrogen and oxygen atoms in total. The molecular formula is C21H25N5O2. The van der Waals surface area contributed by atoms with Crippen LogP contribution in [0.1, 0.15) is 46.9 Å². The van der Waals surface area contributed by atoms with Crippen molar-refractivity contribution in [1.29, 1.82) is 0 Å². The number of ketones is 1. The largest absolute Gasteiger partial charge is 0.367 e. The van der Waals surface area contributed by atoms with E-state index in [0.717, 1.165) is 25.1 Å². The summed E-state index contributed by atoms with van der Waals surface area (Å²) in [7, 11) is 0. The summed E-state index contributed by atoms with van der Waals surface area (Å²) in [6.07, 6.45) is 7.69. The van der Waals surface area contributed by atoms with E-state index in [9.17, 15) is 4.79 Å². The summed E-state index contributed by atoms with van der Waals surface area (Å²) in [5.41, 5.74) is 3.97. The molecule has 146 valence electrons. The molecule has 0 radical (unpaired) electrons. The highest BCUT2D eigenvalue weighted by atomic mass is 16.5. The van der Waals surface area contributed by atoms with Gasteiger partial charge in [-0.2, -0.15) is 15.4 Å². The Kier molecular flexibility index (Phi) is 6.97. The minimum absolute atomic E-state index is 0.0342. The molecule has 3 aromatic rings. The van der Waals surface area contributed by atoms with Crippen LogP contribution < -0.4 is 0 Å². The van der Waals surface area contributed by atoms with Crippen LogP contribution in [0, 0.1) is 5.92 Å². The van der Waals surface area contributed by atoms with Crippen molar-refractivity contribution in [1.82, 2.24) is 25.4 Å². The number of hydrogen-bond donors (Lipinski definition) is 1. The molecule has 0 fully saturated rings. The van der Waals surface area contributed by atoms with E-state index in [-0.39, 0.29) is 19.0 Å². The van der Waals surface area contributed by atoms with Crippen molar-refractivity contribution in [2.75, 3.05) is 6.61 Å². The zero-order valence-corrected chi connectivity index (χ0v) is 16.3. The number of aromatic nitrogens is 5. The number of benzene rings is 1. The monoisotopic (exact) mass is 379 g/mol. The maximum atomic E-state index is 12.1. The molecular weight excluding hydrogens is 354 g/mol. The summed E-state index contributed by atoms with van der Waals surface area (Å²) in [6.45, 7) is 4.21. The van der Waals surface area contributed by atoms with Crippen LogP contribution in [0.15, 0.2) is 42.9 Å². The Labute approximate surface area is 164 Å². The van der Waals surface area contributed by atoms with E-state index >= 15 is 0 Å². The molecule has 0 amide bonds. The molecule has 1 N–H and O–H groups in total. The smallest absolute Gasteiger partial charge is 0.191 e. The van der Waals surface area contributed by atoms with Crippen LogP contribution in [-0.2, 0) is 30.6 Å². The third kappa shape index (κ3) is 5.07. The molecule has 2 heterocycles. The Morgan fingerprint density at radius 1 is 1.11 bits per heavy atom. The van der Waals surface area contributed by atoms with Crippen molar-refractivity contribution in [3.05, 3.63) is 71.1 Å².